The highest BCUT2D eigenvalue weighted by atomic mass is 32.2. The van der Waals surface area contributed by atoms with Crippen molar-refractivity contribution >= 4 is 39.8 Å². The van der Waals surface area contributed by atoms with E-state index in [-0.39, 0.29) is 16.6 Å². The van der Waals surface area contributed by atoms with Crippen molar-refractivity contribution < 1.29 is 9.18 Å². The second-order valence-corrected chi connectivity index (χ2v) is 8.36. The summed E-state index contributed by atoms with van der Waals surface area (Å²) in [4.78, 5) is 16.9. The molecule has 0 atom stereocenters. The van der Waals surface area contributed by atoms with Crippen LogP contribution < -0.4 is 0 Å². The van der Waals surface area contributed by atoms with Crippen LogP contribution in [0.4, 0.5) is 4.39 Å². The number of aliphatic imine (C=N–C) groups is 1. The van der Waals surface area contributed by atoms with Crippen molar-refractivity contribution in [3.8, 4) is 5.69 Å². The number of carbonyl (C=O) groups excluding carboxylic acids is 1. The number of halogens is 1. The summed E-state index contributed by atoms with van der Waals surface area (Å²) in [6.07, 6.45) is 1.67. The maximum absolute atomic E-state index is 14.2. The number of fused-ring (bicyclic) bond motifs is 1. The van der Waals surface area contributed by atoms with Crippen LogP contribution in [0.3, 0.4) is 0 Å². The monoisotopic (exact) mass is 443 g/mol. The summed E-state index contributed by atoms with van der Waals surface area (Å²) < 4.78 is 16.3. The number of nitrogens with one attached hydrogen (secondary N) is 1. The molecule has 2 aromatic carbocycles. The molecule has 3 heterocycles. The molecule has 1 N–H and O–H groups in total. The van der Waals surface area contributed by atoms with Crippen LogP contribution in [0.15, 0.2) is 76.3 Å². The van der Waals surface area contributed by atoms with Crippen LogP contribution in [0.25, 0.3) is 11.8 Å². The third kappa shape index (κ3) is 3.29. The van der Waals surface area contributed by atoms with Crippen LogP contribution in [-0.2, 0) is 4.79 Å². The van der Waals surface area contributed by atoms with E-state index in [0.29, 0.717) is 10.6 Å². The Kier molecular flexibility index (Phi) is 4.86. The Labute approximate surface area is 188 Å². The van der Waals surface area contributed by atoms with E-state index in [4.69, 9.17) is 5.41 Å². The lowest BCUT2D eigenvalue weighted by atomic mass is 10.1. The average Bonchev–Trinajstić information content (AvgIpc) is 3.32. The number of rotatable bonds is 3. The van der Waals surface area contributed by atoms with Gasteiger partial charge in [0.15, 0.2) is 5.84 Å². The molecule has 5 rings (SSSR count). The summed E-state index contributed by atoms with van der Waals surface area (Å²) >= 11 is 1.08. The molecule has 2 aliphatic rings. The number of thioether (sulfide) groups is 1. The van der Waals surface area contributed by atoms with Crippen LogP contribution in [0, 0.1) is 25.1 Å². The third-order valence-corrected chi connectivity index (χ3v) is 6.28. The van der Waals surface area contributed by atoms with E-state index >= 15 is 0 Å². The Balaban J connectivity index is 1.53. The Morgan fingerprint density at radius 1 is 1.06 bits per heavy atom. The molecular formula is C24H18FN5OS. The van der Waals surface area contributed by atoms with Gasteiger partial charge < -0.3 is 4.57 Å². The number of hydrogen-bond donors (Lipinski definition) is 1. The maximum atomic E-state index is 14.2. The van der Waals surface area contributed by atoms with E-state index < -0.39 is 11.7 Å². The van der Waals surface area contributed by atoms with Crippen LogP contribution in [-0.4, -0.2) is 31.5 Å². The van der Waals surface area contributed by atoms with E-state index in [2.05, 4.69) is 14.7 Å². The number of amidine groups is 2. The fourth-order valence-corrected chi connectivity index (χ4v) is 4.72. The topological polar surface area (TPSA) is 73.8 Å². The summed E-state index contributed by atoms with van der Waals surface area (Å²) in [5.41, 5.74) is 4.25. The minimum absolute atomic E-state index is 0.0802. The van der Waals surface area contributed by atoms with E-state index in [9.17, 15) is 9.18 Å². The van der Waals surface area contributed by atoms with E-state index in [1.54, 1.807) is 24.3 Å². The molecule has 0 fully saturated rings. The summed E-state index contributed by atoms with van der Waals surface area (Å²) in [6, 6.07) is 18.2. The van der Waals surface area contributed by atoms with Gasteiger partial charge in [-0.05, 0) is 67.6 Å². The summed E-state index contributed by atoms with van der Waals surface area (Å²) in [5, 5.41) is 14.9. The molecule has 8 heteroatoms. The highest BCUT2D eigenvalue weighted by Crippen LogP contribution is 2.32. The van der Waals surface area contributed by atoms with Crippen LogP contribution in [0.2, 0.25) is 0 Å². The minimum Gasteiger partial charge on any atom is -0.318 e. The van der Waals surface area contributed by atoms with Gasteiger partial charge in [-0.1, -0.05) is 30.3 Å². The molecule has 32 heavy (non-hydrogen) atoms. The molecule has 0 spiro atoms. The van der Waals surface area contributed by atoms with Crippen LogP contribution in [0.5, 0.6) is 0 Å². The largest absolute Gasteiger partial charge is 0.318 e. The van der Waals surface area contributed by atoms with Crippen molar-refractivity contribution in [2.45, 2.75) is 13.8 Å². The van der Waals surface area contributed by atoms with Gasteiger partial charge in [-0.3, -0.25) is 10.2 Å². The Bertz CT molecular complexity index is 1370. The summed E-state index contributed by atoms with van der Waals surface area (Å²) in [6.45, 7) is 3.96. The van der Waals surface area contributed by atoms with E-state index in [0.717, 1.165) is 34.4 Å². The number of aromatic nitrogens is 1. The number of benzene rings is 2. The lowest BCUT2D eigenvalue weighted by molar-refractivity contribution is -0.114. The van der Waals surface area contributed by atoms with Crippen molar-refractivity contribution in [1.82, 2.24) is 9.58 Å². The van der Waals surface area contributed by atoms with Crippen molar-refractivity contribution in [3.63, 3.8) is 0 Å². The molecule has 158 valence electrons. The van der Waals surface area contributed by atoms with Gasteiger partial charge in [-0.15, -0.1) is 0 Å². The van der Waals surface area contributed by atoms with E-state index in [1.807, 2.05) is 50.2 Å². The van der Waals surface area contributed by atoms with Gasteiger partial charge in [-0.25, -0.2) is 4.39 Å². The number of nitrogens with zero attached hydrogens (tertiary/aromatic N) is 4. The lowest BCUT2D eigenvalue weighted by Gasteiger charge is -2.20. The number of carbonyl (C=O) groups is 1. The van der Waals surface area contributed by atoms with Crippen LogP contribution >= 0.6 is 11.8 Å². The SMILES string of the molecule is Cc1cc(/C=C2\C(=N)N3N=C(c4ccccc4F)SC3=NC2=O)c(C)n1-c1ccccc1. The zero-order chi connectivity index (χ0) is 22.4. The second kappa shape index (κ2) is 7.72. The molecule has 1 aromatic heterocycles. The van der Waals surface area contributed by atoms with Gasteiger partial charge in [-0.2, -0.15) is 15.1 Å². The van der Waals surface area contributed by atoms with Gasteiger partial charge >= 0.3 is 0 Å². The number of hydrazone groups is 1. The Hall–Kier alpha value is -3.78. The number of aryl methyl sites for hydroxylation is 1. The maximum Gasteiger partial charge on any atom is 0.283 e. The number of hydrogen-bond acceptors (Lipinski definition) is 4. The fourth-order valence-electron chi connectivity index (χ4n) is 3.80. The second-order valence-electron chi connectivity index (χ2n) is 7.40. The third-order valence-electron chi connectivity index (χ3n) is 5.34. The van der Waals surface area contributed by atoms with E-state index in [1.165, 1.54) is 11.1 Å². The molecule has 2 aliphatic heterocycles. The fraction of sp³-hybridized carbons (Fsp3) is 0.0833. The quantitative estimate of drug-likeness (QED) is 0.585. The predicted molar refractivity (Wildman–Crippen MR) is 126 cm³/mol. The normalized spacial score (nSPS) is 17.0. The predicted octanol–water partition coefficient (Wildman–Crippen LogP) is 4.90. The molecule has 0 aliphatic carbocycles. The Morgan fingerprint density at radius 3 is 2.53 bits per heavy atom. The number of para-hydroxylation sites is 1. The van der Waals surface area contributed by atoms with Gasteiger partial charge in [0.2, 0.25) is 5.17 Å². The first kappa shape index (κ1) is 20.1. The number of amides is 1. The first-order chi connectivity index (χ1) is 15.4. The molecule has 1 amide bonds. The summed E-state index contributed by atoms with van der Waals surface area (Å²) in [7, 11) is 0. The van der Waals surface area contributed by atoms with Gasteiger partial charge in [0.05, 0.1) is 5.57 Å². The molecule has 0 radical (unpaired) electrons. The Morgan fingerprint density at radius 2 is 1.78 bits per heavy atom. The van der Waals surface area contributed by atoms with Crippen molar-refractivity contribution in [2.24, 2.45) is 10.1 Å². The van der Waals surface area contributed by atoms with Crippen molar-refractivity contribution in [2.75, 3.05) is 0 Å². The molecule has 0 saturated heterocycles. The lowest BCUT2D eigenvalue weighted by Crippen LogP contribution is -2.35. The molecule has 6 nitrogen and oxygen atoms in total. The van der Waals surface area contributed by atoms with Crippen molar-refractivity contribution in [3.05, 3.63) is 94.6 Å². The van der Waals surface area contributed by atoms with Gasteiger partial charge in [0, 0.05) is 22.6 Å². The van der Waals surface area contributed by atoms with Gasteiger partial charge in [0.1, 0.15) is 10.9 Å². The molecular weight excluding hydrogens is 425 g/mol. The van der Waals surface area contributed by atoms with Gasteiger partial charge in [0.25, 0.3) is 5.91 Å². The first-order valence-electron chi connectivity index (χ1n) is 9.93. The highest BCUT2D eigenvalue weighted by Gasteiger charge is 2.36. The molecule has 3 aromatic rings. The standard InChI is InChI=1S/C24H18FN5OS/c1-14-12-16(15(2)29(14)17-8-4-3-5-9-17)13-19-21(26)30-24(27-22(19)31)32-23(28-30)18-10-6-7-11-20(18)25/h3-13,26H,1-2H3/b19-13+,26-21?. The zero-order valence-corrected chi connectivity index (χ0v) is 18.2. The average molecular weight is 444 g/mol. The molecule has 0 saturated carbocycles. The first-order valence-corrected chi connectivity index (χ1v) is 10.7. The minimum atomic E-state index is -0.511. The summed E-state index contributed by atoms with van der Waals surface area (Å²) in [5.74, 6) is -1.01. The smallest absolute Gasteiger partial charge is 0.283 e. The molecule has 0 bridgehead atoms. The van der Waals surface area contributed by atoms with Crippen LogP contribution in [0.1, 0.15) is 22.5 Å². The van der Waals surface area contributed by atoms with Crippen molar-refractivity contribution in [1.29, 1.82) is 5.41 Å². The zero-order valence-electron chi connectivity index (χ0n) is 17.3. The molecule has 0 unspecified atom stereocenters. The highest BCUT2D eigenvalue weighted by molar-refractivity contribution is 8.27.